The molecule has 3 aromatic rings. The molecule has 0 aliphatic carbocycles. The molecule has 35 heavy (non-hydrogen) atoms. The summed E-state index contributed by atoms with van der Waals surface area (Å²) in [5.41, 5.74) is 2.32. The van der Waals surface area contributed by atoms with Crippen molar-refractivity contribution < 1.29 is 27.4 Å². The van der Waals surface area contributed by atoms with Crippen molar-refractivity contribution in [2.45, 2.75) is 25.3 Å². The summed E-state index contributed by atoms with van der Waals surface area (Å²) in [7, 11) is -1.23. The van der Waals surface area contributed by atoms with E-state index in [9.17, 15) is 13.2 Å². The van der Waals surface area contributed by atoms with Crippen LogP contribution in [-0.4, -0.2) is 41.7 Å². The molecule has 0 aliphatic rings. The van der Waals surface area contributed by atoms with Crippen molar-refractivity contribution in [2.75, 3.05) is 31.7 Å². The van der Waals surface area contributed by atoms with Gasteiger partial charge in [-0.3, -0.25) is 9.10 Å². The lowest BCUT2D eigenvalue weighted by Crippen LogP contribution is -2.40. The zero-order valence-electron chi connectivity index (χ0n) is 20.3. The van der Waals surface area contributed by atoms with Gasteiger partial charge in [-0.15, -0.1) is 0 Å². The maximum absolute atomic E-state index is 13.7. The highest BCUT2D eigenvalue weighted by Gasteiger charge is 2.28. The first-order valence-corrected chi connectivity index (χ1v) is 12.5. The molecule has 1 amide bonds. The smallest absolute Gasteiger partial charge is 0.264 e. The number of sulfonamides is 1. The lowest BCUT2D eigenvalue weighted by molar-refractivity contribution is -0.119. The van der Waals surface area contributed by atoms with Crippen LogP contribution in [0.25, 0.3) is 0 Å². The van der Waals surface area contributed by atoms with Crippen LogP contribution in [-0.2, 0) is 21.4 Å². The number of carbonyl (C=O) groups is 1. The Morgan fingerprint density at radius 3 is 2.26 bits per heavy atom. The van der Waals surface area contributed by atoms with Gasteiger partial charge in [0.15, 0.2) is 11.5 Å². The molecule has 0 aliphatic heterocycles. The van der Waals surface area contributed by atoms with Crippen molar-refractivity contribution in [3.05, 3.63) is 77.9 Å². The van der Waals surface area contributed by atoms with Crippen molar-refractivity contribution in [1.82, 2.24) is 5.32 Å². The summed E-state index contributed by atoms with van der Waals surface area (Å²) in [6.45, 7) is 4.18. The number of hydrogen-bond acceptors (Lipinski definition) is 6. The van der Waals surface area contributed by atoms with Crippen LogP contribution in [0.3, 0.4) is 0 Å². The topological polar surface area (TPSA) is 94.2 Å². The van der Waals surface area contributed by atoms with Crippen molar-refractivity contribution in [2.24, 2.45) is 0 Å². The second-order valence-corrected chi connectivity index (χ2v) is 9.52. The summed E-state index contributed by atoms with van der Waals surface area (Å²) in [4.78, 5) is 12.9. The predicted octanol–water partition coefficient (Wildman–Crippen LogP) is 3.92. The van der Waals surface area contributed by atoms with Crippen molar-refractivity contribution in [1.29, 1.82) is 0 Å². The van der Waals surface area contributed by atoms with E-state index in [-0.39, 0.29) is 10.6 Å². The zero-order valence-corrected chi connectivity index (χ0v) is 21.1. The number of nitrogens with one attached hydrogen (secondary N) is 1. The van der Waals surface area contributed by atoms with E-state index in [0.29, 0.717) is 30.3 Å². The summed E-state index contributed by atoms with van der Waals surface area (Å²) in [5.74, 6) is 0.828. The number of amides is 1. The molecule has 0 atom stereocenters. The van der Waals surface area contributed by atoms with Crippen LogP contribution < -0.4 is 23.8 Å². The largest absolute Gasteiger partial charge is 0.494 e. The highest BCUT2D eigenvalue weighted by atomic mass is 32.2. The quantitative estimate of drug-likeness (QED) is 0.431. The van der Waals surface area contributed by atoms with E-state index >= 15 is 0 Å². The fraction of sp³-hybridized carbons (Fsp3) is 0.269. The Morgan fingerprint density at radius 2 is 1.63 bits per heavy atom. The lowest BCUT2D eigenvalue weighted by Gasteiger charge is -2.25. The van der Waals surface area contributed by atoms with E-state index in [1.807, 2.05) is 38.1 Å². The minimum Gasteiger partial charge on any atom is -0.494 e. The number of aryl methyl sites for hydroxylation is 1. The van der Waals surface area contributed by atoms with Crippen LogP contribution in [0.4, 0.5) is 5.69 Å². The third kappa shape index (κ3) is 6.24. The summed E-state index contributed by atoms with van der Waals surface area (Å²) in [6.07, 6.45) is 0. The number of methoxy groups -OCH3 is 2. The molecule has 9 heteroatoms. The third-order valence-corrected chi connectivity index (χ3v) is 7.17. The Balaban J connectivity index is 1.93. The van der Waals surface area contributed by atoms with Gasteiger partial charge < -0.3 is 19.5 Å². The average Bonchev–Trinajstić information content (AvgIpc) is 2.87. The fourth-order valence-electron chi connectivity index (χ4n) is 3.48. The number of carbonyl (C=O) groups excluding carboxylic acids is 1. The molecular formula is C26H30N2O6S. The molecule has 0 fully saturated rings. The Labute approximate surface area is 206 Å². The molecule has 1 N–H and O–H groups in total. The van der Waals surface area contributed by atoms with Crippen LogP contribution >= 0.6 is 0 Å². The highest BCUT2D eigenvalue weighted by molar-refractivity contribution is 7.92. The first-order chi connectivity index (χ1) is 16.8. The van der Waals surface area contributed by atoms with Crippen LogP contribution in [0.1, 0.15) is 18.1 Å². The summed E-state index contributed by atoms with van der Waals surface area (Å²) >= 11 is 0. The first kappa shape index (κ1) is 25.9. The van der Waals surface area contributed by atoms with Crippen molar-refractivity contribution in [3.63, 3.8) is 0 Å². The van der Waals surface area contributed by atoms with E-state index in [4.69, 9.17) is 14.2 Å². The SMILES string of the molecule is CCOc1ccc(N(CC(=O)NCc2ccccc2C)S(=O)(=O)c2ccc(OC)c(OC)c2)cc1. The van der Waals surface area contributed by atoms with Crippen LogP contribution in [0, 0.1) is 6.92 Å². The van der Waals surface area contributed by atoms with Gasteiger partial charge in [0.25, 0.3) is 10.0 Å². The maximum atomic E-state index is 13.7. The van der Waals surface area contributed by atoms with Gasteiger partial charge in [0.1, 0.15) is 12.3 Å². The van der Waals surface area contributed by atoms with Gasteiger partial charge >= 0.3 is 0 Å². The van der Waals surface area contributed by atoms with Gasteiger partial charge in [0, 0.05) is 12.6 Å². The molecule has 0 saturated heterocycles. The summed E-state index contributed by atoms with van der Waals surface area (Å²) < 4.78 is 44.4. The fourth-order valence-corrected chi connectivity index (χ4v) is 4.92. The second-order valence-electron chi connectivity index (χ2n) is 7.66. The Kier molecular flexibility index (Phi) is 8.59. The summed E-state index contributed by atoms with van der Waals surface area (Å²) in [5, 5.41) is 2.82. The minimum atomic E-state index is -4.13. The standard InChI is InChI=1S/C26H30N2O6S/c1-5-34-22-12-10-21(11-13-22)28(18-26(29)27-17-20-9-7-6-8-19(20)2)35(30,31)23-14-15-24(32-3)25(16-23)33-4/h6-16H,5,17-18H2,1-4H3,(H,27,29). The van der Waals surface area contributed by atoms with Crippen LogP contribution in [0.15, 0.2) is 71.6 Å². The molecule has 0 unspecified atom stereocenters. The predicted molar refractivity (Wildman–Crippen MR) is 135 cm³/mol. The maximum Gasteiger partial charge on any atom is 0.264 e. The van der Waals surface area contributed by atoms with Crippen molar-refractivity contribution >= 4 is 21.6 Å². The van der Waals surface area contributed by atoms with Gasteiger partial charge in [-0.25, -0.2) is 8.42 Å². The second kappa shape index (κ2) is 11.6. The first-order valence-electron chi connectivity index (χ1n) is 11.1. The molecular weight excluding hydrogens is 468 g/mol. The van der Waals surface area contributed by atoms with Gasteiger partial charge in [0.05, 0.1) is 31.4 Å². The zero-order chi connectivity index (χ0) is 25.4. The van der Waals surface area contributed by atoms with Gasteiger partial charge in [0.2, 0.25) is 5.91 Å². The van der Waals surface area contributed by atoms with Gasteiger partial charge in [-0.05, 0) is 61.4 Å². The van der Waals surface area contributed by atoms with Crippen molar-refractivity contribution in [3.8, 4) is 17.2 Å². The number of ether oxygens (including phenoxy) is 3. The molecule has 0 spiro atoms. The Bertz CT molecular complexity index is 1260. The van der Waals surface area contributed by atoms with Crippen LogP contribution in [0.2, 0.25) is 0 Å². The lowest BCUT2D eigenvalue weighted by atomic mass is 10.1. The third-order valence-electron chi connectivity index (χ3n) is 5.40. The molecule has 0 saturated carbocycles. The molecule has 0 radical (unpaired) electrons. The van der Waals surface area contributed by atoms with E-state index in [0.717, 1.165) is 15.4 Å². The number of rotatable bonds is 11. The Morgan fingerprint density at radius 1 is 0.943 bits per heavy atom. The summed E-state index contributed by atoms with van der Waals surface area (Å²) in [6, 6.07) is 18.5. The number of anilines is 1. The molecule has 0 bridgehead atoms. The molecule has 3 aromatic carbocycles. The normalized spacial score (nSPS) is 11.0. The molecule has 3 rings (SSSR count). The Hall–Kier alpha value is -3.72. The highest BCUT2D eigenvalue weighted by Crippen LogP contribution is 2.32. The van der Waals surface area contributed by atoms with E-state index in [2.05, 4.69) is 5.32 Å². The number of hydrogen-bond donors (Lipinski definition) is 1. The monoisotopic (exact) mass is 498 g/mol. The molecule has 0 aromatic heterocycles. The molecule has 186 valence electrons. The molecule has 0 heterocycles. The van der Waals surface area contributed by atoms with Gasteiger partial charge in [-0.2, -0.15) is 0 Å². The number of benzene rings is 3. The minimum absolute atomic E-state index is 0.0317. The van der Waals surface area contributed by atoms with Gasteiger partial charge in [-0.1, -0.05) is 24.3 Å². The van der Waals surface area contributed by atoms with Crippen LogP contribution in [0.5, 0.6) is 17.2 Å². The van der Waals surface area contributed by atoms with E-state index in [1.54, 1.807) is 24.3 Å². The molecule has 8 nitrogen and oxygen atoms in total. The number of nitrogens with zero attached hydrogens (tertiary/aromatic N) is 1. The van der Waals surface area contributed by atoms with E-state index in [1.165, 1.54) is 32.4 Å². The average molecular weight is 499 g/mol. The van der Waals surface area contributed by atoms with E-state index < -0.39 is 22.5 Å².